The molecule has 268 valence electrons. The zero-order valence-electron chi connectivity index (χ0n) is 30.0. The molecule has 1 aromatic rings. The summed E-state index contributed by atoms with van der Waals surface area (Å²) in [5.41, 5.74) is -5.39. The number of allylic oxidation sites excluding steroid dienone is 1. The highest BCUT2D eigenvalue weighted by Gasteiger charge is 2.81. The number of Topliss-reactive ketones (excluding diaryl/α,β-unsaturated/α-hetero) is 1. The van der Waals surface area contributed by atoms with Crippen LogP contribution in [0, 0.1) is 22.7 Å². The summed E-state index contributed by atoms with van der Waals surface area (Å²) in [6, 6.07) is 5.33. The minimum absolute atomic E-state index is 0.0343. The number of methoxy groups -OCH3 is 2. The van der Waals surface area contributed by atoms with Crippen molar-refractivity contribution in [3.05, 3.63) is 53.1 Å². The standard InChI is InChI=1S/C39H52O10/c1-23(2)24(3)19-34(42)49-32-22-31-35(5)15-14-28(48-33(41)12-10-26-9-11-29(46-7)30(20-26)47-8)21-27(35)13-16-38(31,44)39(45)18-17-37(43,25(4)40)36(32,39)6/h9-13,19-20,23,28,31-32,43-45H,14-18,21-22H2,1-8H3/b12-10+,24-19+/t28-,31+,32+,35-,36+,37+,38-,39+/m0/s1. The molecule has 8 atom stereocenters. The van der Waals surface area contributed by atoms with Crippen molar-refractivity contribution >= 4 is 23.8 Å². The van der Waals surface area contributed by atoms with Gasteiger partial charge in [0.15, 0.2) is 17.3 Å². The van der Waals surface area contributed by atoms with Gasteiger partial charge in [-0.1, -0.05) is 44.1 Å². The van der Waals surface area contributed by atoms with Crippen LogP contribution in [0.15, 0.2) is 47.6 Å². The average molecular weight is 681 g/mol. The Hall–Kier alpha value is -3.47. The van der Waals surface area contributed by atoms with Crippen LogP contribution < -0.4 is 9.47 Å². The highest BCUT2D eigenvalue weighted by molar-refractivity contribution is 5.88. The Morgan fingerprint density at radius 3 is 2.27 bits per heavy atom. The Kier molecular flexibility index (Phi) is 9.77. The lowest BCUT2D eigenvalue weighted by Crippen LogP contribution is -2.78. The summed E-state index contributed by atoms with van der Waals surface area (Å²) in [4.78, 5) is 39.3. The fourth-order valence-corrected chi connectivity index (χ4v) is 9.31. The van der Waals surface area contributed by atoms with Gasteiger partial charge in [0.05, 0.1) is 19.6 Å². The van der Waals surface area contributed by atoms with Crippen LogP contribution >= 0.6 is 0 Å². The molecule has 0 radical (unpaired) electrons. The Labute approximate surface area is 289 Å². The minimum Gasteiger partial charge on any atom is -0.493 e. The Bertz CT molecular complexity index is 1590. The Balaban J connectivity index is 1.41. The maximum atomic E-state index is 13.3. The van der Waals surface area contributed by atoms with Gasteiger partial charge in [0.25, 0.3) is 0 Å². The molecule has 1 aromatic carbocycles. The van der Waals surface area contributed by atoms with Crippen molar-refractivity contribution < 1.29 is 48.7 Å². The number of fused-ring (bicyclic) bond motifs is 5. The number of ketones is 1. The quantitative estimate of drug-likeness (QED) is 0.179. The van der Waals surface area contributed by atoms with Gasteiger partial charge in [-0.05, 0) is 94.4 Å². The lowest BCUT2D eigenvalue weighted by atomic mass is 9.42. The average Bonchev–Trinajstić information content (AvgIpc) is 3.29. The molecule has 0 aliphatic heterocycles. The molecule has 10 heteroatoms. The van der Waals surface area contributed by atoms with Gasteiger partial charge >= 0.3 is 11.9 Å². The fraction of sp³-hybridized carbons (Fsp3) is 0.615. The largest absolute Gasteiger partial charge is 0.493 e. The maximum absolute atomic E-state index is 13.3. The smallest absolute Gasteiger partial charge is 0.331 e. The second kappa shape index (κ2) is 13.0. The van der Waals surface area contributed by atoms with Crippen LogP contribution in [0.25, 0.3) is 6.08 Å². The predicted molar refractivity (Wildman–Crippen MR) is 183 cm³/mol. The molecule has 3 N–H and O–H groups in total. The summed E-state index contributed by atoms with van der Waals surface area (Å²) in [5.74, 6) is -0.968. The van der Waals surface area contributed by atoms with Crippen LogP contribution in [0.1, 0.15) is 92.1 Å². The number of hydrogen-bond acceptors (Lipinski definition) is 10. The molecule has 0 amide bonds. The zero-order chi connectivity index (χ0) is 36.2. The second-order valence-electron chi connectivity index (χ2n) is 15.3. The molecule has 0 heterocycles. The number of ether oxygens (including phenoxy) is 4. The van der Waals surface area contributed by atoms with Gasteiger partial charge in [0.2, 0.25) is 0 Å². The van der Waals surface area contributed by atoms with E-state index >= 15 is 0 Å². The first-order chi connectivity index (χ1) is 22.9. The van der Waals surface area contributed by atoms with Crippen molar-refractivity contribution in [1.29, 1.82) is 0 Å². The van der Waals surface area contributed by atoms with E-state index in [1.54, 1.807) is 39.4 Å². The van der Waals surface area contributed by atoms with Crippen LogP contribution in [-0.4, -0.2) is 76.3 Å². The van der Waals surface area contributed by atoms with Crippen molar-refractivity contribution in [2.24, 2.45) is 22.7 Å². The van der Waals surface area contributed by atoms with Gasteiger partial charge in [0.1, 0.15) is 29.0 Å². The Morgan fingerprint density at radius 1 is 0.939 bits per heavy atom. The number of aliphatic hydroxyl groups is 3. The molecular formula is C39H52O10. The number of carbonyl (C=O) groups is 3. The van der Waals surface area contributed by atoms with Gasteiger partial charge in [-0.3, -0.25) is 4.79 Å². The van der Waals surface area contributed by atoms with Crippen molar-refractivity contribution in [3.63, 3.8) is 0 Å². The van der Waals surface area contributed by atoms with Crippen LogP contribution in [-0.2, 0) is 23.9 Å². The van der Waals surface area contributed by atoms with E-state index < -0.39 is 63.5 Å². The summed E-state index contributed by atoms with van der Waals surface area (Å²) in [7, 11) is 3.10. The van der Waals surface area contributed by atoms with E-state index in [0.717, 1.165) is 16.7 Å². The van der Waals surface area contributed by atoms with E-state index in [0.29, 0.717) is 30.8 Å². The normalized spacial score (nSPS) is 37.1. The molecule has 10 nitrogen and oxygen atoms in total. The molecule has 0 bridgehead atoms. The number of benzene rings is 1. The molecule has 3 saturated carbocycles. The first-order valence-electron chi connectivity index (χ1n) is 17.3. The predicted octanol–water partition coefficient (Wildman–Crippen LogP) is 5.27. The summed E-state index contributed by atoms with van der Waals surface area (Å²) in [6.07, 6.45) is 6.56. The molecule has 4 aliphatic carbocycles. The number of rotatable bonds is 9. The molecule has 0 saturated heterocycles. The van der Waals surface area contributed by atoms with Crippen molar-refractivity contribution in [2.75, 3.05) is 14.2 Å². The summed E-state index contributed by atoms with van der Waals surface area (Å²) in [6.45, 7) is 10.7. The Morgan fingerprint density at radius 2 is 1.63 bits per heavy atom. The maximum Gasteiger partial charge on any atom is 0.331 e. The first kappa shape index (κ1) is 36.8. The molecule has 3 fully saturated rings. The van der Waals surface area contributed by atoms with Gasteiger partial charge in [-0.15, -0.1) is 0 Å². The highest BCUT2D eigenvalue weighted by atomic mass is 16.6. The molecule has 0 aromatic heterocycles. The number of esters is 2. The summed E-state index contributed by atoms with van der Waals surface area (Å²) in [5, 5.41) is 37.2. The van der Waals surface area contributed by atoms with E-state index in [9.17, 15) is 29.7 Å². The highest BCUT2D eigenvalue weighted by Crippen LogP contribution is 2.71. The van der Waals surface area contributed by atoms with Crippen LogP contribution in [0.2, 0.25) is 0 Å². The molecule has 5 rings (SSSR count). The minimum atomic E-state index is -2.01. The fourth-order valence-electron chi connectivity index (χ4n) is 9.31. The monoisotopic (exact) mass is 680 g/mol. The third-order valence-electron chi connectivity index (χ3n) is 12.7. The van der Waals surface area contributed by atoms with E-state index in [-0.39, 0.29) is 31.6 Å². The number of hydrogen-bond donors (Lipinski definition) is 3. The SMILES string of the molecule is COc1ccc(/C=C/C(=O)O[C@H]2CC[C@@]3(C)C(=CC[C@]4(O)[C@@H]3C[C@@H](OC(=O)/C=C(\C)C(C)C)[C@@]3(C)[C@]4(O)CC[C@@]3(O)C(C)=O)C2)cc1OC. The van der Waals surface area contributed by atoms with Crippen molar-refractivity contribution in [2.45, 2.75) is 115 Å². The van der Waals surface area contributed by atoms with Crippen molar-refractivity contribution in [3.8, 4) is 11.5 Å². The molecule has 49 heavy (non-hydrogen) atoms. The lowest BCUT2D eigenvalue weighted by molar-refractivity contribution is -0.314. The molecule has 0 spiro atoms. The lowest BCUT2D eigenvalue weighted by Gasteiger charge is -2.67. The third-order valence-corrected chi connectivity index (χ3v) is 12.7. The van der Waals surface area contributed by atoms with Crippen LogP contribution in [0.4, 0.5) is 0 Å². The van der Waals surface area contributed by atoms with Gasteiger partial charge in [-0.2, -0.15) is 0 Å². The van der Waals surface area contributed by atoms with E-state index in [2.05, 4.69) is 0 Å². The van der Waals surface area contributed by atoms with Gasteiger partial charge in [0, 0.05) is 24.5 Å². The van der Waals surface area contributed by atoms with Crippen LogP contribution in [0.5, 0.6) is 11.5 Å². The topological polar surface area (TPSA) is 149 Å². The van der Waals surface area contributed by atoms with E-state index in [4.69, 9.17) is 18.9 Å². The third kappa shape index (κ3) is 5.73. The molecule has 4 aliphatic rings. The van der Waals surface area contributed by atoms with E-state index in [1.165, 1.54) is 19.1 Å². The summed E-state index contributed by atoms with van der Waals surface area (Å²) >= 11 is 0. The molecular weight excluding hydrogens is 628 g/mol. The first-order valence-corrected chi connectivity index (χ1v) is 17.3. The zero-order valence-corrected chi connectivity index (χ0v) is 30.0. The summed E-state index contributed by atoms with van der Waals surface area (Å²) < 4.78 is 22.6. The van der Waals surface area contributed by atoms with Gasteiger partial charge in [-0.25, -0.2) is 9.59 Å². The van der Waals surface area contributed by atoms with Crippen LogP contribution in [0.3, 0.4) is 0 Å². The molecule has 0 unspecified atom stereocenters. The van der Waals surface area contributed by atoms with E-state index in [1.807, 2.05) is 39.8 Å². The number of carbonyl (C=O) groups excluding carboxylic acids is 3. The van der Waals surface area contributed by atoms with Gasteiger partial charge < -0.3 is 34.3 Å². The van der Waals surface area contributed by atoms with Crippen molar-refractivity contribution in [1.82, 2.24) is 0 Å². The second-order valence-corrected chi connectivity index (χ2v) is 15.3.